The molecule has 0 aliphatic carbocycles. The molecule has 0 radical (unpaired) electrons. The summed E-state index contributed by atoms with van der Waals surface area (Å²) in [6.07, 6.45) is 10.1. The third kappa shape index (κ3) is 3.63. The molecule has 0 saturated heterocycles. The second-order valence-corrected chi connectivity index (χ2v) is 4.99. The molecule has 1 heterocycles. The molecule has 0 fully saturated rings. The summed E-state index contributed by atoms with van der Waals surface area (Å²) in [6, 6.07) is 7.80. The lowest BCUT2D eigenvalue weighted by Gasteiger charge is -2.05. The molecule has 2 heteroatoms. The Labute approximate surface area is 114 Å². The van der Waals surface area contributed by atoms with Crippen LogP contribution < -0.4 is 0 Å². The minimum Gasteiger partial charge on any atom is -0.294 e. The number of nitrogens with zero attached hydrogens (tertiary/aromatic N) is 1. The monoisotopic (exact) mass is 255 g/mol. The van der Waals surface area contributed by atoms with Gasteiger partial charge in [-0.25, -0.2) is 0 Å². The fourth-order valence-corrected chi connectivity index (χ4v) is 2.39. The van der Waals surface area contributed by atoms with Gasteiger partial charge in [0, 0.05) is 29.8 Å². The Morgan fingerprint density at radius 2 is 1.95 bits per heavy atom. The van der Waals surface area contributed by atoms with E-state index >= 15 is 0 Å². The molecule has 0 saturated carbocycles. The summed E-state index contributed by atoms with van der Waals surface area (Å²) in [7, 11) is 0. The average molecular weight is 255 g/mol. The van der Waals surface area contributed by atoms with Crippen molar-refractivity contribution >= 4 is 16.6 Å². The van der Waals surface area contributed by atoms with E-state index in [1.165, 1.54) is 19.3 Å². The molecule has 0 bridgehead atoms. The summed E-state index contributed by atoms with van der Waals surface area (Å²) >= 11 is 0. The summed E-state index contributed by atoms with van der Waals surface area (Å²) in [4.78, 5) is 16.4. The van der Waals surface area contributed by atoms with Crippen LogP contribution in [0.2, 0.25) is 0 Å². The van der Waals surface area contributed by atoms with E-state index in [2.05, 4.69) is 11.9 Å². The van der Waals surface area contributed by atoms with Gasteiger partial charge in [0.2, 0.25) is 0 Å². The van der Waals surface area contributed by atoms with Crippen LogP contribution in [0, 0.1) is 0 Å². The summed E-state index contributed by atoms with van der Waals surface area (Å²) in [6.45, 7) is 2.20. The van der Waals surface area contributed by atoms with Crippen LogP contribution in [0.15, 0.2) is 36.7 Å². The molecule has 19 heavy (non-hydrogen) atoms. The van der Waals surface area contributed by atoms with Crippen LogP contribution in [0.4, 0.5) is 0 Å². The number of pyridine rings is 1. The standard InChI is InChI=1S/C17H21NO/c1-2-3-4-5-6-10-17(19)16-9-7-8-14-13-18-12-11-15(14)16/h7-9,11-13H,2-6,10H2,1H3. The number of fused-ring (bicyclic) bond motifs is 1. The number of aromatic nitrogens is 1. The zero-order valence-electron chi connectivity index (χ0n) is 11.6. The van der Waals surface area contributed by atoms with Gasteiger partial charge in [0.05, 0.1) is 0 Å². The minimum absolute atomic E-state index is 0.258. The Morgan fingerprint density at radius 3 is 2.79 bits per heavy atom. The van der Waals surface area contributed by atoms with Gasteiger partial charge in [-0.2, -0.15) is 0 Å². The number of hydrogen-bond acceptors (Lipinski definition) is 2. The molecule has 0 spiro atoms. The van der Waals surface area contributed by atoms with Crippen molar-refractivity contribution in [2.75, 3.05) is 0 Å². The highest BCUT2D eigenvalue weighted by atomic mass is 16.1. The van der Waals surface area contributed by atoms with Gasteiger partial charge in [-0.05, 0) is 17.9 Å². The van der Waals surface area contributed by atoms with Crippen molar-refractivity contribution < 1.29 is 4.79 Å². The van der Waals surface area contributed by atoms with Crippen molar-refractivity contribution in [2.45, 2.75) is 45.4 Å². The number of unbranched alkanes of at least 4 members (excludes halogenated alkanes) is 4. The largest absolute Gasteiger partial charge is 0.294 e. The van der Waals surface area contributed by atoms with Crippen molar-refractivity contribution in [2.24, 2.45) is 0 Å². The average Bonchev–Trinajstić information content (AvgIpc) is 2.46. The first-order valence-electron chi connectivity index (χ1n) is 7.19. The molecule has 0 atom stereocenters. The van der Waals surface area contributed by atoms with E-state index in [4.69, 9.17) is 0 Å². The van der Waals surface area contributed by atoms with E-state index in [0.717, 1.165) is 29.2 Å². The normalized spacial score (nSPS) is 10.8. The zero-order valence-corrected chi connectivity index (χ0v) is 11.6. The predicted molar refractivity (Wildman–Crippen MR) is 79.4 cm³/mol. The first-order chi connectivity index (χ1) is 9.33. The summed E-state index contributed by atoms with van der Waals surface area (Å²) in [5.74, 6) is 0.258. The molecule has 0 aliphatic rings. The smallest absolute Gasteiger partial charge is 0.163 e. The number of carbonyl (C=O) groups excluding carboxylic acids is 1. The van der Waals surface area contributed by atoms with Crippen molar-refractivity contribution in [1.82, 2.24) is 4.98 Å². The quantitative estimate of drug-likeness (QED) is 0.526. The maximum Gasteiger partial charge on any atom is 0.163 e. The second-order valence-electron chi connectivity index (χ2n) is 4.99. The molecule has 0 amide bonds. The van der Waals surface area contributed by atoms with Gasteiger partial charge in [0.15, 0.2) is 5.78 Å². The molecule has 2 rings (SSSR count). The molecule has 1 aromatic heterocycles. The Kier molecular flexibility index (Phi) is 5.08. The van der Waals surface area contributed by atoms with Crippen LogP contribution in [0.3, 0.4) is 0 Å². The van der Waals surface area contributed by atoms with Gasteiger partial charge in [-0.1, -0.05) is 50.8 Å². The van der Waals surface area contributed by atoms with Crippen molar-refractivity contribution in [3.8, 4) is 0 Å². The second kappa shape index (κ2) is 7.03. The number of benzene rings is 1. The third-order valence-electron chi connectivity index (χ3n) is 3.49. The van der Waals surface area contributed by atoms with E-state index in [-0.39, 0.29) is 5.78 Å². The number of hydrogen-bond donors (Lipinski definition) is 0. The third-order valence-corrected chi connectivity index (χ3v) is 3.49. The van der Waals surface area contributed by atoms with Crippen LogP contribution in [-0.2, 0) is 0 Å². The molecular weight excluding hydrogens is 234 g/mol. The number of carbonyl (C=O) groups is 1. The molecule has 0 aliphatic heterocycles. The Bertz CT molecular complexity index is 542. The van der Waals surface area contributed by atoms with Crippen LogP contribution >= 0.6 is 0 Å². The molecule has 0 unspecified atom stereocenters. The van der Waals surface area contributed by atoms with Crippen molar-refractivity contribution in [1.29, 1.82) is 0 Å². The molecule has 2 aromatic rings. The Hall–Kier alpha value is -1.70. The Balaban J connectivity index is 2.01. The molecule has 100 valence electrons. The van der Waals surface area contributed by atoms with Gasteiger partial charge < -0.3 is 0 Å². The SMILES string of the molecule is CCCCCCCC(=O)c1cccc2cnccc12. The fourth-order valence-electron chi connectivity index (χ4n) is 2.39. The lowest BCUT2D eigenvalue weighted by atomic mass is 9.99. The Morgan fingerprint density at radius 1 is 1.11 bits per heavy atom. The summed E-state index contributed by atoms with van der Waals surface area (Å²) < 4.78 is 0. The molecule has 1 aromatic carbocycles. The lowest BCUT2D eigenvalue weighted by molar-refractivity contribution is 0.0980. The van der Waals surface area contributed by atoms with Crippen molar-refractivity contribution in [3.63, 3.8) is 0 Å². The van der Waals surface area contributed by atoms with Crippen molar-refractivity contribution in [3.05, 3.63) is 42.2 Å². The van der Waals surface area contributed by atoms with E-state index in [1.807, 2.05) is 30.5 Å². The van der Waals surface area contributed by atoms with Crippen LogP contribution in [0.25, 0.3) is 10.8 Å². The van der Waals surface area contributed by atoms with E-state index in [0.29, 0.717) is 6.42 Å². The summed E-state index contributed by atoms with van der Waals surface area (Å²) in [5.41, 5.74) is 0.843. The van der Waals surface area contributed by atoms with Gasteiger partial charge in [0.25, 0.3) is 0 Å². The zero-order chi connectivity index (χ0) is 13.5. The van der Waals surface area contributed by atoms with Crippen LogP contribution in [-0.4, -0.2) is 10.8 Å². The number of rotatable bonds is 7. The molecule has 0 N–H and O–H groups in total. The van der Waals surface area contributed by atoms with E-state index in [1.54, 1.807) is 6.20 Å². The summed E-state index contributed by atoms with van der Waals surface area (Å²) in [5, 5.41) is 2.07. The predicted octanol–water partition coefficient (Wildman–Crippen LogP) is 4.78. The van der Waals surface area contributed by atoms with Gasteiger partial charge in [-0.15, -0.1) is 0 Å². The molecule has 2 nitrogen and oxygen atoms in total. The van der Waals surface area contributed by atoms with E-state index in [9.17, 15) is 4.79 Å². The maximum absolute atomic E-state index is 12.3. The van der Waals surface area contributed by atoms with Gasteiger partial charge >= 0.3 is 0 Å². The first kappa shape index (κ1) is 13.7. The van der Waals surface area contributed by atoms with E-state index < -0.39 is 0 Å². The highest BCUT2D eigenvalue weighted by Crippen LogP contribution is 2.20. The highest BCUT2D eigenvalue weighted by molar-refractivity contribution is 6.07. The molecular formula is C17H21NO. The van der Waals surface area contributed by atoms with Crippen LogP contribution in [0.5, 0.6) is 0 Å². The first-order valence-corrected chi connectivity index (χ1v) is 7.19. The minimum atomic E-state index is 0.258. The highest BCUT2D eigenvalue weighted by Gasteiger charge is 2.09. The van der Waals surface area contributed by atoms with Gasteiger partial charge in [0.1, 0.15) is 0 Å². The number of ketones is 1. The lowest BCUT2D eigenvalue weighted by Crippen LogP contribution is -2.00. The maximum atomic E-state index is 12.3. The van der Waals surface area contributed by atoms with Crippen LogP contribution in [0.1, 0.15) is 55.8 Å². The topological polar surface area (TPSA) is 30.0 Å². The fraction of sp³-hybridized carbons (Fsp3) is 0.412. The number of Topliss-reactive ketones (excluding diaryl/α,β-unsaturated/α-hetero) is 1. The van der Waals surface area contributed by atoms with Gasteiger partial charge in [-0.3, -0.25) is 9.78 Å².